The van der Waals surface area contributed by atoms with E-state index in [2.05, 4.69) is 11.4 Å². The van der Waals surface area contributed by atoms with Crippen molar-refractivity contribution in [2.45, 2.75) is 38.3 Å². The van der Waals surface area contributed by atoms with E-state index in [1.54, 1.807) is 16.2 Å². The number of nitrogens with zero attached hydrogens (tertiary/aromatic N) is 2. The fourth-order valence-electron chi connectivity index (χ4n) is 4.01. The van der Waals surface area contributed by atoms with Crippen molar-refractivity contribution in [3.05, 3.63) is 51.7 Å². The topological polar surface area (TPSA) is 59.1 Å². The number of hydrogen-bond acceptors (Lipinski definition) is 5. The molecule has 2 amide bonds. The molecule has 1 atom stereocenters. The Morgan fingerprint density at radius 3 is 2.77 bits per heavy atom. The number of rotatable bonds is 8. The van der Waals surface area contributed by atoms with Gasteiger partial charge in [0.25, 0.3) is 0 Å². The quantitative estimate of drug-likeness (QED) is 0.648. The largest absolute Gasteiger partial charge is 0.491 e. The summed E-state index contributed by atoms with van der Waals surface area (Å²) in [6.07, 6.45) is 2.75. The van der Waals surface area contributed by atoms with E-state index in [4.69, 9.17) is 9.47 Å². The van der Waals surface area contributed by atoms with Gasteiger partial charge in [0.1, 0.15) is 25.5 Å². The van der Waals surface area contributed by atoms with Gasteiger partial charge in [0.15, 0.2) is 0 Å². The second-order valence-corrected chi connectivity index (χ2v) is 8.92. The van der Waals surface area contributed by atoms with Crippen molar-refractivity contribution < 1.29 is 19.1 Å². The molecule has 1 aromatic heterocycles. The van der Waals surface area contributed by atoms with Gasteiger partial charge in [-0.05, 0) is 54.8 Å². The van der Waals surface area contributed by atoms with Crippen LogP contribution in [0.15, 0.2) is 35.7 Å². The molecule has 1 aromatic carbocycles. The number of carbonyl (C=O) groups is 2. The summed E-state index contributed by atoms with van der Waals surface area (Å²) >= 11 is 1.73. The molecule has 0 saturated heterocycles. The van der Waals surface area contributed by atoms with Crippen LogP contribution in [0.5, 0.6) is 5.75 Å². The summed E-state index contributed by atoms with van der Waals surface area (Å²) in [7, 11) is 1.51. The first-order valence-electron chi connectivity index (χ1n) is 10.4. The highest BCUT2D eigenvalue weighted by atomic mass is 32.1. The maximum absolute atomic E-state index is 13.3. The fraction of sp³-hybridized carbons (Fsp3) is 0.478. The van der Waals surface area contributed by atoms with Gasteiger partial charge in [-0.25, -0.2) is 0 Å². The van der Waals surface area contributed by atoms with Crippen LogP contribution in [0.25, 0.3) is 0 Å². The molecule has 6 nitrogen and oxygen atoms in total. The highest BCUT2D eigenvalue weighted by molar-refractivity contribution is 7.10. The molecule has 2 aliphatic rings. The molecule has 1 unspecified atom stereocenters. The number of aryl methyl sites for hydroxylation is 1. The number of amides is 2. The molecule has 1 fully saturated rings. The van der Waals surface area contributed by atoms with E-state index in [0.29, 0.717) is 13.2 Å². The Labute approximate surface area is 181 Å². The lowest BCUT2D eigenvalue weighted by Gasteiger charge is -2.37. The lowest BCUT2D eigenvalue weighted by molar-refractivity contribution is -0.145. The van der Waals surface area contributed by atoms with Crippen molar-refractivity contribution in [2.75, 3.05) is 33.4 Å². The first-order chi connectivity index (χ1) is 14.6. The Balaban J connectivity index is 1.50. The summed E-state index contributed by atoms with van der Waals surface area (Å²) in [6.45, 7) is 3.18. The lowest BCUT2D eigenvalue weighted by atomic mass is 10.0. The summed E-state index contributed by atoms with van der Waals surface area (Å²) in [5.74, 6) is 0.693. The summed E-state index contributed by atoms with van der Waals surface area (Å²) in [5, 5.41) is 2.08. The van der Waals surface area contributed by atoms with Crippen molar-refractivity contribution in [2.24, 2.45) is 0 Å². The van der Waals surface area contributed by atoms with Gasteiger partial charge in [0.05, 0.1) is 6.04 Å². The highest BCUT2D eigenvalue weighted by Crippen LogP contribution is 2.35. The Kier molecular flexibility index (Phi) is 6.39. The SMILES string of the molecule is COCC(=O)N(CC(=O)N1CCc2sccc2C1COc1ccccc1C)C1CC1. The van der Waals surface area contributed by atoms with Gasteiger partial charge >= 0.3 is 0 Å². The van der Waals surface area contributed by atoms with E-state index < -0.39 is 0 Å². The minimum Gasteiger partial charge on any atom is -0.491 e. The minimum absolute atomic E-state index is 0.0122. The first-order valence-corrected chi connectivity index (χ1v) is 11.3. The molecule has 0 bridgehead atoms. The predicted octanol–water partition coefficient (Wildman–Crippen LogP) is 3.20. The number of methoxy groups -OCH3 is 1. The van der Waals surface area contributed by atoms with Crippen molar-refractivity contribution in [3.8, 4) is 5.75 Å². The Bertz CT molecular complexity index is 908. The predicted molar refractivity (Wildman–Crippen MR) is 116 cm³/mol. The highest BCUT2D eigenvalue weighted by Gasteiger charge is 2.37. The molecule has 4 rings (SSSR count). The molecule has 30 heavy (non-hydrogen) atoms. The molecule has 160 valence electrons. The summed E-state index contributed by atoms with van der Waals surface area (Å²) in [5.41, 5.74) is 2.23. The molecule has 7 heteroatoms. The number of carbonyl (C=O) groups excluding carboxylic acids is 2. The van der Waals surface area contributed by atoms with Crippen LogP contribution in [0.1, 0.15) is 34.9 Å². The first kappa shape index (κ1) is 20.9. The number of para-hydroxylation sites is 1. The number of hydrogen-bond donors (Lipinski definition) is 0. The van der Waals surface area contributed by atoms with Gasteiger partial charge in [-0.3, -0.25) is 9.59 Å². The lowest BCUT2D eigenvalue weighted by Crippen LogP contribution is -2.49. The van der Waals surface area contributed by atoms with Crippen molar-refractivity contribution in [3.63, 3.8) is 0 Å². The van der Waals surface area contributed by atoms with Crippen LogP contribution in [-0.4, -0.2) is 61.1 Å². The van der Waals surface area contributed by atoms with E-state index in [1.807, 2.05) is 36.1 Å². The molecule has 0 spiro atoms. The van der Waals surface area contributed by atoms with Gasteiger partial charge in [0.2, 0.25) is 11.8 Å². The third-order valence-corrected chi connectivity index (χ3v) is 6.78. The van der Waals surface area contributed by atoms with Gasteiger partial charge in [0, 0.05) is 24.6 Å². The molecule has 1 aliphatic heterocycles. The summed E-state index contributed by atoms with van der Waals surface area (Å²) < 4.78 is 11.2. The second kappa shape index (κ2) is 9.18. The van der Waals surface area contributed by atoms with Crippen LogP contribution < -0.4 is 4.74 Å². The van der Waals surface area contributed by atoms with Crippen LogP contribution >= 0.6 is 11.3 Å². The number of fused-ring (bicyclic) bond motifs is 1. The fourth-order valence-corrected chi connectivity index (χ4v) is 4.94. The Morgan fingerprint density at radius 2 is 2.03 bits per heavy atom. The van der Waals surface area contributed by atoms with Crippen LogP contribution in [0.3, 0.4) is 0 Å². The van der Waals surface area contributed by atoms with E-state index in [9.17, 15) is 9.59 Å². The van der Waals surface area contributed by atoms with Gasteiger partial charge in [-0.15, -0.1) is 11.3 Å². The molecule has 2 aromatic rings. The third kappa shape index (κ3) is 4.52. The zero-order valence-corrected chi connectivity index (χ0v) is 18.3. The third-order valence-electron chi connectivity index (χ3n) is 5.79. The van der Waals surface area contributed by atoms with Crippen LogP contribution in [0.2, 0.25) is 0 Å². The number of ether oxygens (including phenoxy) is 2. The number of benzene rings is 1. The molecule has 2 heterocycles. The summed E-state index contributed by atoms with van der Waals surface area (Å²) in [6, 6.07) is 10.0. The molecule has 1 aliphatic carbocycles. The Hall–Kier alpha value is -2.38. The second-order valence-electron chi connectivity index (χ2n) is 7.91. The average Bonchev–Trinajstić information content (AvgIpc) is 3.47. The van der Waals surface area contributed by atoms with Crippen LogP contribution in [0, 0.1) is 6.92 Å². The standard InChI is InChI=1S/C23H28N2O4S/c1-16-5-3-4-6-20(16)29-14-19-18-10-12-30-21(18)9-11-24(19)22(26)13-25(17-7-8-17)23(27)15-28-2/h3-6,10,12,17,19H,7-9,11,13-15H2,1-2H3. The molecule has 1 saturated carbocycles. The van der Waals surface area contributed by atoms with Gasteiger partial charge in [-0.2, -0.15) is 0 Å². The van der Waals surface area contributed by atoms with Crippen molar-refractivity contribution in [1.29, 1.82) is 0 Å². The van der Waals surface area contributed by atoms with Crippen LogP contribution in [0.4, 0.5) is 0 Å². The van der Waals surface area contributed by atoms with E-state index in [0.717, 1.165) is 36.1 Å². The monoisotopic (exact) mass is 428 g/mol. The molecular weight excluding hydrogens is 400 g/mol. The van der Waals surface area contributed by atoms with E-state index in [1.165, 1.54) is 12.0 Å². The van der Waals surface area contributed by atoms with Crippen molar-refractivity contribution >= 4 is 23.2 Å². The molecule has 0 radical (unpaired) electrons. The van der Waals surface area contributed by atoms with E-state index in [-0.39, 0.29) is 37.0 Å². The maximum Gasteiger partial charge on any atom is 0.249 e. The zero-order chi connectivity index (χ0) is 21.1. The van der Waals surface area contributed by atoms with Crippen LogP contribution in [-0.2, 0) is 20.7 Å². The Morgan fingerprint density at radius 1 is 1.23 bits per heavy atom. The van der Waals surface area contributed by atoms with Gasteiger partial charge < -0.3 is 19.3 Å². The van der Waals surface area contributed by atoms with E-state index >= 15 is 0 Å². The maximum atomic E-state index is 13.3. The smallest absolute Gasteiger partial charge is 0.249 e. The minimum atomic E-state index is -0.148. The normalized spacial score (nSPS) is 18.1. The van der Waals surface area contributed by atoms with Crippen molar-refractivity contribution in [1.82, 2.24) is 9.80 Å². The van der Waals surface area contributed by atoms with Gasteiger partial charge in [-0.1, -0.05) is 18.2 Å². The average molecular weight is 429 g/mol. The zero-order valence-electron chi connectivity index (χ0n) is 17.5. The summed E-state index contributed by atoms with van der Waals surface area (Å²) in [4.78, 5) is 30.6. The number of thiophene rings is 1. The molecule has 0 N–H and O–H groups in total. The molecular formula is C23H28N2O4S.